The summed E-state index contributed by atoms with van der Waals surface area (Å²) in [7, 11) is -4.56. The van der Waals surface area contributed by atoms with Crippen molar-refractivity contribution in [3.8, 4) is 0 Å². The third kappa shape index (κ3) is 3.69. The lowest BCUT2D eigenvalue weighted by Gasteiger charge is -2.19. The molecule has 102 valence electrons. The van der Waals surface area contributed by atoms with Crippen LogP contribution in [0.2, 0.25) is 0 Å². The van der Waals surface area contributed by atoms with Crippen molar-refractivity contribution in [1.82, 2.24) is 4.89 Å². The maximum atomic E-state index is 13.3. The average molecular weight is 283 g/mol. The van der Waals surface area contributed by atoms with Crippen molar-refractivity contribution in [2.24, 2.45) is 0 Å². The van der Waals surface area contributed by atoms with Gasteiger partial charge in [-0.15, -0.1) is 0 Å². The van der Waals surface area contributed by atoms with E-state index in [4.69, 9.17) is 4.84 Å². The van der Waals surface area contributed by atoms with Gasteiger partial charge in [-0.05, 0) is 20.8 Å². The summed E-state index contributed by atoms with van der Waals surface area (Å²) >= 11 is 0. The molecule has 0 bridgehead atoms. The zero-order chi connectivity index (χ0) is 14.1. The van der Waals surface area contributed by atoms with Crippen LogP contribution in [0.15, 0.2) is 17.0 Å². The quantitative estimate of drug-likeness (QED) is 0.864. The molecule has 0 saturated carbocycles. The minimum Gasteiger partial charge on any atom is -0.281 e. The first-order valence-electron chi connectivity index (χ1n) is 4.87. The van der Waals surface area contributed by atoms with Gasteiger partial charge < -0.3 is 0 Å². The lowest BCUT2D eigenvalue weighted by molar-refractivity contribution is -0.0359. The number of hydrogen-bond donors (Lipinski definition) is 1. The van der Waals surface area contributed by atoms with Gasteiger partial charge in [0.05, 0.1) is 5.60 Å². The molecule has 0 radical (unpaired) electrons. The predicted molar refractivity (Wildman–Crippen MR) is 57.5 cm³/mol. The summed E-state index contributed by atoms with van der Waals surface area (Å²) in [5.74, 6) is -4.27. The Morgan fingerprint density at radius 1 is 1.11 bits per heavy atom. The minimum atomic E-state index is -4.56. The molecular weight excluding hydrogens is 271 g/mol. The zero-order valence-electron chi connectivity index (χ0n) is 9.92. The summed E-state index contributed by atoms with van der Waals surface area (Å²) in [4.78, 5) is 5.03. The standard InChI is InChI=1S/C10H12F3NO3S/c1-10(2,3)17-14-18(15,16)9-7(12)4-6(11)5-8(9)13/h4-5,14H,1-3H3. The minimum absolute atomic E-state index is 0.273. The van der Waals surface area contributed by atoms with Gasteiger partial charge in [0.2, 0.25) is 0 Å². The van der Waals surface area contributed by atoms with E-state index < -0.39 is 38.0 Å². The van der Waals surface area contributed by atoms with E-state index in [0.29, 0.717) is 0 Å². The molecule has 1 rings (SSSR count). The maximum absolute atomic E-state index is 13.3. The highest BCUT2D eigenvalue weighted by Crippen LogP contribution is 2.20. The van der Waals surface area contributed by atoms with Gasteiger partial charge in [-0.2, -0.15) is 0 Å². The summed E-state index contributed by atoms with van der Waals surface area (Å²) in [6, 6.07) is 0.545. The van der Waals surface area contributed by atoms with Gasteiger partial charge in [-0.3, -0.25) is 4.84 Å². The molecule has 0 saturated heterocycles. The second-order valence-corrected chi connectivity index (χ2v) is 6.08. The molecule has 18 heavy (non-hydrogen) atoms. The number of rotatable bonds is 3. The van der Waals surface area contributed by atoms with Gasteiger partial charge in [0.25, 0.3) is 10.0 Å². The highest BCUT2D eigenvalue weighted by molar-refractivity contribution is 7.89. The van der Waals surface area contributed by atoms with Crippen LogP contribution in [0.3, 0.4) is 0 Å². The van der Waals surface area contributed by atoms with Gasteiger partial charge in [-0.25, -0.2) is 21.6 Å². The molecule has 0 atom stereocenters. The second-order valence-electron chi connectivity index (χ2n) is 4.50. The molecule has 0 aliphatic carbocycles. The monoisotopic (exact) mass is 283 g/mol. The molecule has 0 aliphatic heterocycles. The molecule has 0 spiro atoms. The van der Waals surface area contributed by atoms with Crippen LogP contribution >= 0.6 is 0 Å². The van der Waals surface area contributed by atoms with Gasteiger partial charge >= 0.3 is 0 Å². The molecule has 0 heterocycles. The molecule has 0 amide bonds. The first-order valence-corrected chi connectivity index (χ1v) is 6.35. The summed E-state index contributed by atoms with van der Waals surface area (Å²) < 4.78 is 62.4. The average Bonchev–Trinajstić information content (AvgIpc) is 2.11. The Morgan fingerprint density at radius 2 is 1.56 bits per heavy atom. The normalized spacial score (nSPS) is 12.8. The number of hydrogen-bond acceptors (Lipinski definition) is 3. The summed E-state index contributed by atoms with van der Waals surface area (Å²) in [6.07, 6.45) is 0. The predicted octanol–water partition coefficient (Wildman–Crippen LogP) is 2.11. The van der Waals surface area contributed by atoms with Crippen molar-refractivity contribution < 1.29 is 26.4 Å². The second kappa shape index (κ2) is 4.87. The van der Waals surface area contributed by atoms with Crippen molar-refractivity contribution in [2.45, 2.75) is 31.3 Å². The van der Waals surface area contributed by atoms with E-state index >= 15 is 0 Å². The molecule has 0 unspecified atom stereocenters. The highest BCUT2D eigenvalue weighted by Gasteiger charge is 2.27. The fraction of sp³-hybridized carbons (Fsp3) is 0.400. The largest absolute Gasteiger partial charge is 0.281 e. The molecule has 4 nitrogen and oxygen atoms in total. The smallest absolute Gasteiger partial charge is 0.268 e. The third-order valence-corrected chi connectivity index (χ3v) is 2.92. The van der Waals surface area contributed by atoms with E-state index in [9.17, 15) is 21.6 Å². The van der Waals surface area contributed by atoms with E-state index in [-0.39, 0.29) is 12.1 Å². The van der Waals surface area contributed by atoms with Crippen LogP contribution in [0.5, 0.6) is 0 Å². The van der Waals surface area contributed by atoms with Crippen LogP contribution in [0.1, 0.15) is 20.8 Å². The lowest BCUT2D eigenvalue weighted by atomic mass is 10.2. The molecule has 1 aromatic carbocycles. The van der Waals surface area contributed by atoms with Crippen LogP contribution in [0, 0.1) is 17.5 Å². The van der Waals surface area contributed by atoms with Crippen LogP contribution in [0.25, 0.3) is 0 Å². The molecule has 0 aliphatic rings. The third-order valence-electron chi connectivity index (χ3n) is 1.69. The Kier molecular flexibility index (Phi) is 4.04. The van der Waals surface area contributed by atoms with E-state index in [2.05, 4.69) is 0 Å². The SMILES string of the molecule is CC(C)(C)ONS(=O)(=O)c1c(F)cc(F)cc1F. The molecule has 8 heteroatoms. The van der Waals surface area contributed by atoms with Crippen LogP contribution in [0.4, 0.5) is 13.2 Å². The molecular formula is C10H12F3NO3S. The van der Waals surface area contributed by atoms with Crippen LogP contribution in [-0.4, -0.2) is 14.0 Å². The first kappa shape index (κ1) is 14.9. The van der Waals surface area contributed by atoms with Crippen molar-refractivity contribution in [3.05, 3.63) is 29.6 Å². The van der Waals surface area contributed by atoms with Crippen LogP contribution < -0.4 is 4.89 Å². The topological polar surface area (TPSA) is 55.4 Å². The van der Waals surface area contributed by atoms with Crippen molar-refractivity contribution in [1.29, 1.82) is 0 Å². The number of sulfonamides is 1. The number of nitrogens with one attached hydrogen (secondary N) is 1. The van der Waals surface area contributed by atoms with E-state index in [1.54, 1.807) is 4.89 Å². The molecule has 1 aromatic rings. The number of benzene rings is 1. The van der Waals surface area contributed by atoms with Gasteiger partial charge in [-0.1, -0.05) is 4.89 Å². The van der Waals surface area contributed by atoms with Crippen molar-refractivity contribution in [3.63, 3.8) is 0 Å². The zero-order valence-corrected chi connectivity index (χ0v) is 10.7. The summed E-state index contributed by atoms with van der Waals surface area (Å²) in [6.45, 7) is 4.60. The van der Waals surface area contributed by atoms with Crippen molar-refractivity contribution in [2.75, 3.05) is 0 Å². The van der Waals surface area contributed by atoms with E-state index in [0.717, 1.165) is 0 Å². The maximum Gasteiger partial charge on any atom is 0.268 e. The van der Waals surface area contributed by atoms with Gasteiger partial charge in [0.1, 0.15) is 17.5 Å². The Hall–Kier alpha value is -1.12. The molecule has 0 fully saturated rings. The first-order chi connectivity index (χ1) is 8.03. The van der Waals surface area contributed by atoms with E-state index in [1.165, 1.54) is 20.8 Å². The Labute approximate surface area is 103 Å². The van der Waals surface area contributed by atoms with E-state index in [1.807, 2.05) is 0 Å². The molecule has 1 N–H and O–H groups in total. The number of halogens is 3. The highest BCUT2D eigenvalue weighted by atomic mass is 32.2. The Morgan fingerprint density at radius 3 is 1.94 bits per heavy atom. The fourth-order valence-corrected chi connectivity index (χ4v) is 2.08. The van der Waals surface area contributed by atoms with Crippen LogP contribution in [-0.2, 0) is 14.9 Å². The van der Waals surface area contributed by atoms with Crippen molar-refractivity contribution >= 4 is 10.0 Å². The summed E-state index contributed by atoms with van der Waals surface area (Å²) in [5, 5.41) is 0. The Bertz CT molecular complexity index is 529. The molecule has 0 aromatic heterocycles. The van der Waals surface area contributed by atoms with Gasteiger partial charge in [0.15, 0.2) is 4.90 Å². The fourth-order valence-electron chi connectivity index (χ4n) is 1.01. The lowest BCUT2D eigenvalue weighted by Crippen LogP contribution is -2.34. The summed E-state index contributed by atoms with van der Waals surface area (Å²) in [5.41, 5.74) is -0.889. The van der Waals surface area contributed by atoms with Gasteiger partial charge in [0, 0.05) is 12.1 Å². The Balaban J connectivity index is 3.14.